The van der Waals surface area contributed by atoms with Crippen molar-refractivity contribution in [3.05, 3.63) is 0 Å². The molecule has 1 unspecified atom stereocenters. The van der Waals surface area contributed by atoms with E-state index < -0.39 is 23.8 Å². The second-order valence-electron chi connectivity index (χ2n) is 3.95. The number of hydrogen-bond acceptors (Lipinski definition) is 5. The lowest BCUT2D eigenvalue weighted by molar-refractivity contribution is -0.165. The average molecular weight is 242 g/mol. The van der Waals surface area contributed by atoms with Gasteiger partial charge in [-0.15, -0.1) is 0 Å². The quantitative estimate of drug-likeness (QED) is 0.533. The molecule has 17 heavy (non-hydrogen) atoms. The van der Waals surface area contributed by atoms with Gasteiger partial charge in [-0.1, -0.05) is 0 Å². The fourth-order valence-corrected chi connectivity index (χ4v) is 2.08. The van der Waals surface area contributed by atoms with E-state index in [0.29, 0.717) is 12.8 Å². The number of carbonyl (C=O) groups excluding carboxylic acids is 3. The normalized spacial score (nSPS) is 19.5. The summed E-state index contributed by atoms with van der Waals surface area (Å²) in [6, 6.07) is 0. The zero-order chi connectivity index (χ0) is 12.8. The van der Waals surface area contributed by atoms with Crippen molar-refractivity contribution in [1.29, 1.82) is 0 Å². The molecule has 0 bridgehead atoms. The minimum Gasteiger partial charge on any atom is -0.465 e. The Hall–Kier alpha value is -1.39. The molecule has 1 saturated carbocycles. The van der Waals surface area contributed by atoms with Gasteiger partial charge in [0.2, 0.25) is 0 Å². The van der Waals surface area contributed by atoms with Crippen molar-refractivity contribution in [1.82, 2.24) is 0 Å². The van der Waals surface area contributed by atoms with Crippen LogP contribution in [0.15, 0.2) is 0 Å². The topological polar surface area (TPSA) is 69.7 Å². The predicted molar refractivity (Wildman–Crippen MR) is 59.1 cm³/mol. The Bertz CT molecular complexity index is 292. The number of esters is 2. The summed E-state index contributed by atoms with van der Waals surface area (Å²) < 4.78 is 9.68. The van der Waals surface area contributed by atoms with Crippen LogP contribution in [0.25, 0.3) is 0 Å². The fourth-order valence-electron chi connectivity index (χ4n) is 2.08. The monoisotopic (exact) mass is 242 g/mol. The second-order valence-corrected chi connectivity index (χ2v) is 3.95. The summed E-state index contributed by atoms with van der Waals surface area (Å²) >= 11 is 0. The first kappa shape index (κ1) is 13.7. The number of hydrogen-bond donors (Lipinski definition) is 0. The van der Waals surface area contributed by atoms with Crippen molar-refractivity contribution < 1.29 is 23.9 Å². The molecule has 1 fully saturated rings. The zero-order valence-electron chi connectivity index (χ0n) is 10.2. The van der Waals surface area contributed by atoms with Gasteiger partial charge in [-0.2, -0.15) is 0 Å². The van der Waals surface area contributed by atoms with Crippen molar-refractivity contribution in [2.75, 3.05) is 13.2 Å². The third-order valence-corrected chi connectivity index (χ3v) is 2.84. The summed E-state index contributed by atoms with van der Waals surface area (Å²) in [6.45, 7) is 3.71. The molecule has 0 amide bonds. The molecule has 0 aromatic carbocycles. The van der Waals surface area contributed by atoms with Gasteiger partial charge in [-0.25, -0.2) is 0 Å². The number of carbonyl (C=O) groups is 3. The molecule has 0 spiro atoms. The van der Waals surface area contributed by atoms with E-state index in [2.05, 4.69) is 0 Å². The van der Waals surface area contributed by atoms with Crippen molar-refractivity contribution in [3.8, 4) is 0 Å². The minimum absolute atomic E-state index is 0.0453. The van der Waals surface area contributed by atoms with Crippen molar-refractivity contribution >= 4 is 17.7 Å². The molecule has 0 N–H and O–H groups in total. The lowest BCUT2D eigenvalue weighted by Crippen LogP contribution is -2.36. The Morgan fingerprint density at radius 1 is 1.24 bits per heavy atom. The molecule has 0 aliphatic heterocycles. The van der Waals surface area contributed by atoms with Crippen LogP contribution in [0.1, 0.15) is 33.1 Å². The summed E-state index contributed by atoms with van der Waals surface area (Å²) in [5.41, 5.74) is 0. The van der Waals surface area contributed by atoms with E-state index in [0.717, 1.165) is 6.42 Å². The molecule has 0 radical (unpaired) electrons. The minimum atomic E-state index is -1.08. The molecule has 5 nitrogen and oxygen atoms in total. The summed E-state index contributed by atoms with van der Waals surface area (Å²) in [7, 11) is 0. The van der Waals surface area contributed by atoms with Gasteiger partial charge in [0.15, 0.2) is 5.92 Å². The number of Topliss-reactive ketones (excluding diaryl/α,β-unsaturated/α-hetero) is 1. The van der Waals surface area contributed by atoms with Crippen LogP contribution in [0.3, 0.4) is 0 Å². The van der Waals surface area contributed by atoms with Crippen LogP contribution >= 0.6 is 0 Å². The molecular weight excluding hydrogens is 224 g/mol. The first-order valence-corrected chi connectivity index (χ1v) is 5.97. The zero-order valence-corrected chi connectivity index (χ0v) is 10.2. The Kier molecular flexibility index (Phi) is 5.12. The molecule has 0 saturated heterocycles. The van der Waals surface area contributed by atoms with Gasteiger partial charge < -0.3 is 9.47 Å². The smallest absolute Gasteiger partial charge is 0.321 e. The molecule has 1 aliphatic rings. The summed E-state index contributed by atoms with van der Waals surface area (Å²) in [6.07, 6.45) is 1.71. The first-order chi connectivity index (χ1) is 8.11. The van der Waals surface area contributed by atoms with Gasteiger partial charge in [0.25, 0.3) is 0 Å². The van der Waals surface area contributed by atoms with Gasteiger partial charge in [0, 0.05) is 12.3 Å². The highest BCUT2D eigenvalue weighted by molar-refractivity contribution is 6.01. The Morgan fingerprint density at radius 3 is 2.12 bits per heavy atom. The molecule has 1 atom stereocenters. The van der Waals surface area contributed by atoms with Crippen molar-refractivity contribution in [2.45, 2.75) is 33.1 Å². The molecule has 1 aliphatic carbocycles. The lowest BCUT2D eigenvalue weighted by atomic mass is 9.90. The van der Waals surface area contributed by atoms with E-state index in [1.807, 2.05) is 0 Å². The number of rotatable bonds is 5. The van der Waals surface area contributed by atoms with Gasteiger partial charge >= 0.3 is 11.9 Å². The van der Waals surface area contributed by atoms with Gasteiger partial charge in [0.05, 0.1) is 13.2 Å². The SMILES string of the molecule is CCOC(=O)C(C(=O)OCC)C1CCCC1=O. The third kappa shape index (κ3) is 3.28. The van der Waals surface area contributed by atoms with E-state index in [1.165, 1.54) is 0 Å². The van der Waals surface area contributed by atoms with Gasteiger partial charge in [0.1, 0.15) is 5.78 Å². The summed E-state index contributed by atoms with van der Waals surface area (Å²) in [5.74, 6) is -2.98. The summed E-state index contributed by atoms with van der Waals surface area (Å²) in [5, 5.41) is 0. The van der Waals surface area contributed by atoms with E-state index in [9.17, 15) is 14.4 Å². The molecule has 0 aromatic heterocycles. The predicted octanol–water partition coefficient (Wildman–Crippen LogP) is 1.10. The molecule has 0 aromatic rings. The van der Waals surface area contributed by atoms with Crippen LogP contribution in [0.4, 0.5) is 0 Å². The van der Waals surface area contributed by atoms with Crippen molar-refractivity contribution in [3.63, 3.8) is 0 Å². The van der Waals surface area contributed by atoms with Crippen LogP contribution in [0.2, 0.25) is 0 Å². The number of ketones is 1. The Balaban J connectivity index is 2.81. The van der Waals surface area contributed by atoms with Gasteiger partial charge in [-0.3, -0.25) is 14.4 Å². The molecule has 96 valence electrons. The standard InChI is InChI=1S/C12H18O5/c1-3-16-11(14)10(12(15)17-4-2)8-6-5-7-9(8)13/h8,10H,3-7H2,1-2H3. The van der Waals surface area contributed by atoms with Crippen LogP contribution < -0.4 is 0 Å². The van der Waals surface area contributed by atoms with Crippen LogP contribution in [-0.4, -0.2) is 30.9 Å². The largest absolute Gasteiger partial charge is 0.465 e. The highest BCUT2D eigenvalue weighted by Crippen LogP contribution is 2.30. The molecule has 1 rings (SSSR count). The third-order valence-electron chi connectivity index (χ3n) is 2.84. The highest BCUT2D eigenvalue weighted by atomic mass is 16.6. The van der Waals surface area contributed by atoms with E-state index in [-0.39, 0.29) is 19.0 Å². The maximum absolute atomic E-state index is 11.7. The molecule has 0 heterocycles. The van der Waals surface area contributed by atoms with Crippen LogP contribution in [-0.2, 0) is 23.9 Å². The van der Waals surface area contributed by atoms with E-state index in [4.69, 9.17) is 9.47 Å². The maximum atomic E-state index is 11.7. The van der Waals surface area contributed by atoms with Gasteiger partial charge in [-0.05, 0) is 26.7 Å². The second kappa shape index (κ2) is 6.37. The van der Waals surface area contributed by atoms with E-state index >= 15 is 0 Å². The average Bonchev–Trinajstić information content (AvgIpc) is 2.66. The van der Waals surface area contributed by atoms with Crippen LogP contribution in [0.5, 0.6) is 0 Å². The maximum Gasteiger partial charge on any atom is 0.321 e. The fraction of sp³-hybridized carbons (Fsp3) is 0.750. The lowest BCUT2D eigenvalue weighted by Gasteiger charge is -2.18. The highest BCUT2D eigenvalue weighted by Gasteiger charge is 2.43. The first-order valence-electron chi connectivity index (χ1n) is 5.97. The number of ether oxygens (including phenoxy) is 2. The Labute approximate surface area is 100 Å². The summed E-state index contributed by atoms with van der Waals surface area (Å²) in [4.78, 5) is 35.1. The van der Waals surface area contributed by atoms with Crippen molar-refractivity contribution in [2.24, 2.45) is 11.8 Å². The van der Waals surface area contributed by atoms with Crippen LogP contribution in [0, 0.1) is 11.8 Å². The molecule has 5 heteroatoms. The molecular formula is C12H18O5. The Morgan fingerprint density at radius 2 is 1.76 bits per heavy atom. The van der Waals surface area contributed by atoms with E-state index in [1.54, 1.807) is 13.8 Å².